The fourth-order valence-electron chi connectivity index (χ4n) is 5.86. The van der Waals surface area contributed by atoms with Crippen LogP contribution in [-0.2, 0) is 0 Å². The molecule has 0 heterocycles. The summed E-state index contributed by atoms with van der Waals surface area (Å²) in [6.45, 7) is 2.30. The summed E-state index contributed by atoms with van der Waals surface area (Å²) in [5.41, 5.74) is 1.63. The van der Waals surface area contributed by atoms with Gasteiger partial charge in [-0.2, -0.15) is 0 Å². The Hall–Kier alpha value is -0.400. The van der Waals surface area contributed by atoms with Gasteiger partial charge in [-0.25, -0.2) is 8.78 Å². The predicted molar refractivity (Wildman–Crippen MR) is 102 cm³/mol. The smallest absolute Gasteiger partial charge is 0.210 e. The van der Waals surface area contributed by atoms with Gasteiger partial charge in [0.1, 0.15) is 0 Å². The number of rotatable bonds is 6. The number of hydrogen-bond acceptors (Lipinski definition) is 0. The van der Waals surface area contributed by atoms with Gasteiger partial charge in [-0.15, -0.1) is 0 Å². The van der Waals surface area contributed by atoms with Gasteiger partial charge in [0, 0.05) is 5.92 Å². The van der Waals surface area contributed by atoms with Gasteiger partial charge < -0.3 is 0 Å². The molecule has 0 aromatic carbocycles. The summed E-state index contributed by atoms with van der Waals surface area (Å²) in [7, 11) is 0. The van der Waals surface area contributed by atoms with E-state index in [1.54, 1.807) is 5.57 Å². The molecule has 0 aliphatic heterocycles. The molecule has 0 amide bonds. The van der Waals surface area contributed by atoms with E-state index >= 15 is 0 Å². The molecule has 3 aliphatic carbocycles. The van der Waals surface area contributed by atoms with Crippen molar-refractivity contribution in [3.05, 3.63) is 11.6 Å². The van der Waals surface area contributed by atoms with Gasteiger partial charge >= 0.3 is 0 Å². The molecular formula is C23H38F2. The zero-order valence-electron chi connectivity index (χ0n) is 16.2. The highest BCUT2D eigenvalue weighted by molar-refractivity contribution is 5.12. The molecule has 1 atom stereocenters. The lowest BCUT2D eigenvalue weighted by molar-refractivity contribution is 0.0491. The van der Waals surface area contributed by atoms with Gasteiger partial charge in [-0.05, 0) is 81.5 Å². The van der Waals surface area contributed by atoms with Crippen molar-refractivity contribution in [2.24, 2.45) is 29.6 Å². The molecule has 0 radical (unpaired) electrons. The molecule has 25 heavy (non-hydrogen) atoms. The third kappa shape index (κ3) is 5.30. The lowest BCUT2D eigenvalue weighted by Crippen LogP contribution is -2.25. The van der Waals surface area contributed by atoms with Crippen molar-refractivity contribution in [2.45, 2.75) is 103 Å². The monoisotopic (exact) mass is 352 g/mol. The van der Waals surface area contributed by atoms with Crippen molar-refractivity contribution >= 4 is 0 Å². The lowest BCUT2D eigenvalue weighted by Gasteiger charge is -2.37. The summed E-state index contributed by atoms with van der Waals surface area (Å²) in [6, 6.07) is 0. The van der Waals surface area contributed by atoms with E-state index in [-0.39, 0.29) is 5.92 Å². The average molecular weight is 353 g/mol. The fraction of sp³-hybridized carbons (Fsp3) is 0.913. The normalized spacial score (nSPS) is 37.1. The van der Waals surface area contributed by atoms with E-state index < -0.39 is 6.43 Å². The summed E-state index contributed by atoms with van der Waals surface area (Å²) in [6.07, 6.45) is 17.9. The Kier molecular flexibility index (Phi) is 7.37. The van der Waals surface area contributed by atoms with Gasteiger partial charge in [-0.3, -0.25) is 0 Å². The van der Waals surface area contributed by atoms with Crippen LogP contribution < -0.4 is 0 Å². The predicted octanol–water partition coefficient (Wildman–Crippen LogP) is 7.78. The Morgan fingerprint density at radius 1 is 0.920 bits per heavy atom. The molecule has 3 aliphatic rings. The van der Waals surface area contributed by atoms with E-state index in [0.29, 0.717) is 5.92 Å². The summed E-state index contributed by atoms with van der Waals surface area (Å²) < 4.78 is 25.7. The average Bonchev–Trinajstić information content (AvgIpc) is 2.67. The van der Waals surface area contributed by atoms with Crippen molar-refractivity contribution in [1.82, 2.24) is 0 Å². The van der Waals surface area contributed by atoms with E-state index in [4.69, 9.17) is 0 Å². The maximum atomic E-state index is 12.8. The second kappa shape index (κ2) is 9.51. The number of halogens is 2. The molecular weight excluding hydrogens is 314 g/mol. The van der Waals surface area contributed by atoms with Crippen LogP contribution >= 0.6 is 0 Å². The molecule has 144 valence electrons. The first-order valence-corrected chi connectivity index (χ1v) is 11.1. The molecule has 0 spiro atoms. The third-order valence-corrected chi connectivity index (χ3v) is 7.66. The standard InChI is InChI=1S/C23H38F2/c1-2-3-4-17-5-7-18(8-6-17)19-9-11-20(12-10-19)21-13-15-22(16-14-21)23(24)25/h11,17-19,21-23H,2-10,12-16H2,1H3/t17?,18?,19-,21?,22?/m0/s1. The van der Waals surface area contributed by atoms with Crippen molar-refractivity contribution in [3.8, 4) is 0 Å². The maximum absolute atomic E-state index is 12.8. The number of alkyl halides is 2. The largest absolute Gasteiger partial charge is 0.241 e. The van der Waals surface area contributed by atoms with E-state index in [0.717, 1.165) is 43.4 Å². The van der Waals surface area contributed by atoms with Crippen LogP contribution in [0, 0.1) is 29.6 Å². The van der Waals surface area contributed by atoms with Crippen LogP contribution in [0.1, 0.15) is 96.8 Å². The van der Waals surface area contributed by atoms with Crippen molar-refractivity contribution in [1.29, 1.82) is 0 Å². The van der Waals surface area contributed by atoms with Crippen molar-refractivity contribution < 1.29 is 8.78 Å². The quantitative estimate of drug-likeness (QED) is 0.428. The second-order valence-electron chi connectivity index (χ2n) is 9.18. The van der Waals surface area contributed by atoms with Gasteiger partial charge in [-0.1, -0.05) is 50.7 Å². The Labute approximate surface area is 153 Å². The van der Waals surface area contributed by atoms with Crippen LogP contribution in [0.2, 0.25) is 0 Å². The summed E-state index contributed by atoms with van der Waals surface area (Å²) in [5, 5.41) is 0. The van der Waals surface area contributed by atoms with Crippen LogP contribution in [-0.4, -0.2) is 6.43 Å². The van der Waals surface area contributed by atoms with Gasteiger partial charge in [0.05, 0.1) is 0 Å². The van der Waals surface area contributed by atoms with Crippen molar-refractivity contribution in [2.75, 3.05) is 0 Å². The maximum Gasteiger partial charge on any atom is 0.241 e. The number of unbranched alkanes of at least 4 members (excludes halogenated alkanes) is 1. The first kappa shape index (κ1) is 19.4. The van der Waals surface area contributed by atoms with E-state index in [1.807, 2.05) is 0 Å². The minimum absolute atomic E-state index is 0.323. The molecule has 0 bridgehead atoms. The summed E-state index contributed by atoms with van der Waals surface area (Å²) in [5.74, 6) is 3.19. The highest BCUT2D eigenvalue weighted by Crippen LogP contribution is 2.44. The van der Waals surface area contributed by atoms with Crippen LogP contribution in [0.3, 0.4) is 0 Å². The highest BCUT2D eigenvalue weighted by Gasteiger charge is 2.32. The first-order valence-electron chi connectivity index (χ1n) is 11.1. The first-order chi connectivity index (χ1) is 12.2. The third-order valence-electron chi connectivity index (χ3n) is 7.66. The number of allylic oxidation sites excluding steroid dienone is 2. The molecule has 0 unspecified atom stereocenters. The van der Waals surface area contributed by atoms with Crippen molar-refractivity contribution in [3.63, 3.8) is 0 Å². The van der Waals surface area contributed by atoms with Crippen LogP contribution in [0.25, 0.3) is 0 Å². The SMILES string of the molecule is CCCCC1CCC([C@H]2CC=C(C3CCC(C(F)F)CC3)CC2)CC1. The molecule has 2 fully saturated rings. The van der Waals surface area contributed by atoms with Crippen LogP contribution in [0.5, 0.6) is 0 Å². The molecule has 2 saturated carbocycles. The molecule has 0 aromatic heterocycles. The Bertz CT molecular complexity index is 412. The van der Waals surface area contributed by atoms with E-state index in [1.165, 1.54) is 64.2 Å². The lowest BCUT2D eigenvalue weighted by atomic mass is 9.68. The minimum Gasteiger partial charge on any atom is -0.210 e. The Morgan fingerprint density at radius 2 is 1.64 bits per heavy atom. The van der Waals surface area contributed by atoms with E-state index in [9.17, 15) is 8.78 Å². The molecule has 0 N–H and O–H groups in total. The van der Waals surface area contributed by atoms with Gasteiger partial charge in [0.15, 0.2) is 0 Å². The molecule has 0 aromatic rings. The van der Waals surface area contributed by atoms with Gasteiger partial charge in [0.25, 0.3) is 0 Å². The zero-order chi connectivity index (χ0) is 17.6. The topological polar surface area (TPSA) is 0 Å². The Morgan fingerprint density at radius 3 is 2.20 bits per heavy atom. The molecule has 0 saturated heterocycles. The molecule has 2 heteroatoms. The zero-order valence-corrected chi connectivity index (χ0v) is 16.2. The summed E-state index contributed by atoms with van der Waals surface area (Å²) >= 11 is 0. The van der Waals surface area contributed by atoms with Gasteiger partial charge in [0.2, 0.25) is 6.43 Å². The Balaban J connectivity index is 1.41. The second-order valence-corrected chi connectivity index (χ2v) is 9.18. The van der Waals surface area contributed by atoms with Crippen LogP contribution in [0.15, 0.2) is 11.6 Å². The number of hydrogen-bond donors (Lipinski definition) is 0. The fourth-order valence-corrected chi connectivity index (χ4v) is 5.86. The minimum atomic E-state index is -2.10. The molecule has 0 nitrogen and oxygen atoms in total. The molecule has 3 rings (SSSR count). The van der Waals surface area contributed by atoms with Crippen LogP contribution in [0.4, 0.5) is 8.78 Å². The van der Waals surface area contributed by atoms with E-state index in [2.05, 4.69) is 13.0 Å². The highest BCUT2D eigenvalue weighted by atomic mass is 19.3. The summed E-state index contributed by atoms with van der Waals surface area (Å²) in [4.78, 5) is 0.